The van der Waals surface area contributed by atoms with E-state index in [-0.39, 0.29) is 12.0 Å². The first kappa shape index (κ1) is 21.7. The van der Waals surface area contributed by atoms with Crippen molar-refractivity contribution in [1.82, 2.24) is 5.43 Å². The second-order valence-electron chi connectivity index (χ2n) is 8.10. The molecule has 1 aliphatic rings. The fraction of sp³-hybridized carbons (Fsp3) is 0.579. The lowest BCUT2D eigenvalue weighted by Crippen LogP contribution is -2.39. The summed E-state index contributed by atoms with van der Waals surface area (Å²) in [4.78, 5) is 12.3. The van der Waals surface area contributed by atoms with E-state index in [0.717, 1.165) is 42.0 Å². The van der Waals surface area contributed by atoms with Gasteiger partial charge in [0.2, 0.25) is 10.0 Å². The highest BCUT2D eigenvalue weighted by atomic mass is 35.5. The lowest BCUT2D eigenvalue weighted by Gasteiger charge is -2.34. The minimum absolute atomic E-state index is 0.279. The molecule has 0 heterocycles. The average molecular weight is 414 g/mol. The van der Waals surface area contributed by atoms with Crippen molar-refractivity contribution in [2.45, 2.75) is 46.5 Å². The molecule has 0 spiro atoms. The average Bonchev–Trinajstić information content (AvgIpc) is 2.56. The smallest absolute Gasteiger partial charge is 0.260 e. The van der Waals surface area contributed by atoms with E-state index in [1.807, 2.05) is 0 Å². The molecule has 1 amide bonds. The van der Waals surface area contributed by atoms with E-state index in [0.29, 0.717) is 16.6 Å². The molecule has 1 saturated carbocycles. The van der Waals surface area contributed by atoms with E-state index in [2.05, 4.69) is 31.3 Å². The van der Waals surface area contributed by atoms with Crippen molar-refractivity contribution in [2.24, 2.45) is 16.4 Å². The van der Waals surface area contributed by atoms with Crippen LogP contribution in [0, 0.1) is 11.3 Å². The zero-order valence-electron chi connectivity index (χ0n) is 16.3. The van der Waals surface area contributed by atoms with Gasteiger partial charge in [-0.15, -0.1) is 0 Å². The Morgan fingerprint density at radius 2 is 1.93 bits per heavy atom. The number of hydrogen-bond acceptors (Lipinski definition) is 4. The molecule has 0 radical (unpaired) electrons. The molecule has 1 aromatic rings. The van der Waals surface area contributed by atoms with Gasteiger partial charge in [0.1, 0.15) is 6.54 Å². The number of hydrazone groups is 1. The van der Waals surface area contributed by atoms with Crippen molar-refractivity contribution in [3.05, 3.63) is 29.3 Å². The molecule has 0 aromatic heterocycles. The maximum absolute atomic E-state index is 12.3. The van der Waals surface area contributed by atoms with Gasteiger partial charge in [-0.2, -0.15) is 5.10 Å². The number of amides is 1. The van der Waals surface area contributed by atoms with Gasteiger partial charge in [-0.1, -0.05) is 38.4 Å². The van der Waals surface area contributed by atoms with Gasteiger partial charge in [-0.25, -0.2) is 13.8 Å². The van der Waals surface area contributed by atoms with Gasteiger partial charge in [0.25, 0.3) is 5.91 Å². The Balaban J connectivity index is 1.99. The number of halogens is 1. The third-order valence-electron chi connectivity index (χ3n) is 4.91. The molecule has 1 aromatic carbocycles. The van der Waals surface area contributed by atoms with Gasteiger partial charge in [-0.05, 0) is 55.2 Å². The summed E-state index contributed by atoms with van der Waals surface area (Å²) in [5, 5.41) is 4.62. The van der Waals surface area contributed by atoms with Crippen LogP contribution in [0.2, 0.25) is 5.02 Å². The summed E-state index contributed by atoms with van der Waals surface area (Å²) >= 11 is 5.94. The minimum atomic E-state index is -3.63. The van der Waals surface area contributed by atoms with Crippen LogP contribution in [0.25, 0.3) is 0 Å². The molecule has 0 atom stereocenters. The van der Waals surface area contributed by atoms with E-state index >= 15 is 0 Å². The van der Waals surface area contributed by atoms with Crippen molar-refractivity contribution >= 4 is 38.9 Å². The van der Waals surface area contributed by atoms with Crippen LogP contribution in [0.1, 0.15) is 46.5 Å². The molecule has 1 fully saturated rings. The summed E-state index contributed by atoms with van der Waals surface area (Å²) in [6, 6.07) is 6.39. The van der Waals surface area contributed by atoms with Crippen LogP contribution >= 0.6 is 11.6 Å². The number of benzene rings is 1. The highest BCUT2D eigenvalue weighted by molar-refractivity contribution is 7.92. The summed E-state index contributed by atoms with van der Waals surface area (Å²) in [7, 11) is -3.63. The van der Waals surface area contributed by atoms with Gasteiger partial charge in [0, 0.05) is 10.7 Å². The van der Waals surface area contributed by atoms with Gasteiger partial charge in [0.05, 0.1) is 11.9 Å². The first-order valence-electron chi connectivity index (χ1n) is 9.04. The van der Waals surface area contributed by atoms with Crippen LogP contribution in [0.4, 0.5) is 5.69 Å². The van der Waals surface area contributed by atoms with Gasteiger partial charge in [-0.3, -0.25) is 9.10 Å². The predicted octanol–water partition coefficient (Wildman–Crippen LogP) is 3.81. The fourth-order valence-corrected chi connectivity index (χ4v) is 4.30. The lowest BCUT2D eigenvalue weighted by atomic mass is 9.72. The molecule has 0 bridgehead atoms. The van der Waals surface area contributed by atoms with Crippen LogP contribution in [0.3, 0.4) is 0 Å². The maximum atomic E-state index is 12.3. The van der Waals surface area contributed by atoms with Crippen LogP contribution in [-0.4, -0.2) is 32.8 Å². The van der Waals surface area contributed by atoms with Crippen LogP contribution in [0.15, 0.2) is 29.4 Å². The molecule has 0 aliphatic heterocycles. The molecule has 0 saturated heterocycles. The van der Waals surface area contributed by atoms with Crippen molar-refractivity contribution < 1.29 is 13.2 Å². The summed E-state index contributed by atoms with van der Waals surface area (Å²) in [6.07, 6.45) is 4.87. The van der Waals surface area contributed by atoms with E-state index in [1.165, 1.54) is 6.07 Å². The maximum Gasteiger partial charge on any atom is 0.260 e. The number of anilines is 1. The molecule has 150 valence electrons. The number of hydrogen-bond donors (Lipinski definition) is 1. The van der Waals surface area contributed by atoms with Gasteiger partial charge in [0.15, 0.2) is 0 Å². The summed E-state index contributed by atoms with van der Waals surface area (Å²) in [5.41, 5.74) is 4.08. The Labute approximate surface area is 167 Å². The molecule has 27 heavy (non-hydrogen) atoms. The molecule has 0 unspecified atom stereocenters. The van der Waals surface area contributed by atoms with Gasteiger partial charge < -0.3 is 0 Å². The Morgan fingerprint density at radius 1 is 1.30 bits per heavy atom. The molecular formula is C19H28ClN3O3S. The Hall–Kier alpha value is -1.60. The third-order valence-corrected chi connectivity index (χ3v) is 6.29. The lowest BCUT2D eigenvalue weighted by molar-refractivity contribution is -0.119. The Bertz CT molecular complexity index is 806. The molecule has 8 heteroatoms. The van der Waals surface area contributed by atoms with Crippen molar-refractivity contribution in [3.8, 4) is 0 Å². The second-order valence-corrected chi connectivity index (χ2v) is 10.4. The molecule has 1 aliphatic carbocycles. The molecule has 1 N–H and O–H groups in total. The molecule has 6 nitrogen and oxygen atoms in total. The monoisotopic (exact) mass is 413 g/mol. The van der Waals surface area contributed by atoms with E-state index < -0.39 is 15.9 Å². The molecule has 2 rings (SSSR count). The highest BCUT2D eigenvalue weighted by Gasteiger charge is 2.28. The Kier molecular flexibility index (Phi) is 6.92. The van der Waals surface area contributed by atoms with E-state index in [4.69, 9.17) is 11.6 Å². The first-order chi connectivity index (χ1) is 12.5. The van der Waals surface area contributed by atoms with Crippen LogP contribution in [-0.2, 0) is 14.8 Å². The zero-order valence-corrected chi connectivity index (χ0v) is 17.9. The second kappa shape index (κ2) is 8.61. The standard InChI is InChI=1S/C19H28ClN3O3S/c1-19(2,3)14-8-10-16(11-9-14)21-22-18(24)13-23(27(4,25)26)17-7-5-6-15(20)12-17/h5-7,12,14H,8-11,13H2,1-4H3,(H,22,24). The number of nitrogens with one attached hydrogen (secondary N) is 1. The van der Waals surface area contributed by atoms with Crippen molar-refractivity contribution in [3.63, 3.8) is 0 Å². The Morgan fingerprint density at radius 3 is 2.44 bits per heavy atom. The first-order valence-corrected chi connectivity index (χ1v) is 11.3. The number of rotatable bonds is 5. The predicted molar refractivity (Wildman–Crippen MR) is 111 cm³/mol. The topological polar surface area (TPSA) is 78.8 Å². The number of carbonyl (C=O) groups is 1. The number of sulfonamides is 1. The SMILES string of the molecule is CC(C)(C)C1CCC(=NNC(=O)CN(c2cccc(Cl)c2)S(C)(=O)=O)CC1. The van der Waals surface area contributed by atoms with Crippen LogP contribution < -0.4 is 9.73 Å². The molecular weight excluding hydrogens is 386 g/mol. The summed E-state index contributed by atoms with van der Waals surface area (Å²) in [5.74, 6) is 0.168. The minimum Gasteiger partial charge on any atom is -0.271 e. The largest absolute Gasteiger partial charge is 0.271 e. The van der Waals surface area contributed by atoms with Crippen LogP contribution in [0.5, 0.6) is 0 Å². The number of carbonyl (C=O) groups excluding carboxylic acids is 1. The van der Waals surface area contributed by atoms with Crippen molar-refractivity contribution in [2.75, 3.05) is 17.1 Å². The summed E-state index contributed by atoms with van der Waals surface area (Å²) in [6.45, 7) is 6.39. The van der Waals surface area contributed by atoms with E-state index in [1.54, 1.807) is 18.2 Å². The number of nitrogens with zero attached hydrogens (tertiary/aromatic N) is 2. The van der Waals surface area contributed by atoms with E-state index in [9.17, 15) is 13.2 Å². The third kappa shape index (κ3) is 6.50. The van der Waals surface area contributed by atoms with Gasteiger partial charge >= 0.3 is 0 Å². The fourth-order valence-electron chi connectivity index (χ4n) is 3.27. The quantitative estimate of drug-likeness (QED) is 0.745. The highest BCUT2D eigenvalue weighted by Crippen LogP contribution is 2.36. The summed E-state index contributed by atoms with van der Waals surface area (Å²) < 4.78 is 25.2. The zero-order chi connectivity index (χ0) is 20.2. The normalized spacial score (nSPS) is 18.1. The van der Waals surface area contributed by atoms with Crippen molar-refractivity contribution in [1.29, 1.82) is 0 Å².